The first-order valence-electron chi connectivity index (χ1n) is 12.6. The van der Waals surface area contributed by atoms with Crippen LogP contribution in [0.1, 0.15) is 34.8 Å². The zero-order valence-corrected chi connectivity index (χ0v) is 21.1. The second kappa shape index (κ2) is 13.5. The molecular formula is C31H32N2O5. The van der Waals surface area contributed by atoms with Crippen molar-refractivity contribution < 1.29 is 19.9 Å². The maximum atomic E-state index is 11.8. The van der Waals surface area contributed by atoms with Crippen molar-refractivity contribution in [3.05, 3.63) is 142 Å². The van der Waals surface area contributed by atoms with Crippen LogP contribution in [-0.2, 0) is 19.6 Å². The predicted molar refractivity (Wildman–Crippen MR) is 146 cm³/mol. The van der Waals surface area contributed by atoms with Crippen LogP contribution >= 0.6 is 0 Å². The number of nitro benzene ring substituents is 1. The molecule has 0 spiro atoms. The Morgan fingerprint density at radius 3 is 1.97 bits per heavy atom. The van der Waals surface area contributed by atoms with Crippen LogP contribution in [-0.4, -0.2) is 32.8 Å². The summed E-state index contributed by atoms with van der Waals surface area (Å²) in [6, 6.07) is 33.5. The molecule has 7 nitrogen and oxygen atoms in total. The van der Waals surface area contributed by atoms with Crippen LogP contribution in [0.5, 0.6) is 5.75 Å². The zero-order chi connectivity index (χ0) is 26.7. The molecule has 0 aliphatic carbocycles. The van der Waals surface area contributed by atoms with Crippen LogP contribution in [0, 0.1) is 10.1 Å². The Kier molecular flexibility index (Phi) is 9.59. The molecule has 0 saturated carbocycles. The van der Waals surface area contributed by atoms with Crippen molar-refractivity contribution >= 4 is 5.69 Å². The summed E-state index contributed by atoms with van der Waals surface area (Å²) in [5.74, 6) is 0.138. The Morgan fingerprint density at radius 1 is 0.789 bits per heavy atom. The van der Waals surface area contributed by atoms with Gasteiger partial charge in [0.05, 0.1) is 11.0 Å². The second-order valence-corrected chi connectivity index (χ2v) is 9.19. The molecule has 0 aliphatic rings. The molecule has 7 heteroatoms. The number of aliphatic hydroxyl groups excluding tert-OH is 2. The van der Waals surface area contributed by atoms with E-state index in [1.54, 1.807) is 11.0 Å². The maximum absolute atomic E-state index is 11.8. The Hall–Kier alpha value is -4.04. The Morgan fingerprint density at radius 2 is 1.37 bits per heavy atom. The van der Waals surface area contributed by atoms with E-state index in [9.17, 15) is 20.3 Å². The lowest BCUT2D eigenvalue weighted by atomic mass is 10.1. The molecule has 0 fully saturated rings. The molecule has 0 saturated heterocycles. The quantitative estimate of drug-likeness (QED) is 0.136. The molecule has 0 radical (unpaired) electrons. The number of ether oxygens (including phenoxy) is 1. The fraction of sp³-hybridized carbons (Fsp3) is 0.226. The lowest BCUT2D eigenvalue weighted by molar-refractivity contribution is -0.386. The minimum absolute atomic E-state index is 0.103. The van der Waals surface area contributed by atoms with Crippen molar-refractivity contribution in [2.75, 3.05) is 6.54 Å². The van der Waals surface area contributed by atoms with E-state index in [-0.39, 0.29) is 24.6 Å². The molecule has 38 heavy (non-hydrogen) atoms. The number of nitro groups is 1. The summed E-state index contributed by atoms with van der Waals surface area (Å²) in [6.07, 6.45) is -0.696. The van der Waals surface area contributed by atoms with Gasteiger partial charge in [0.15, 0.2) is 5.75 Å². The number of nitrogens with zero attached hydrogens (tertiary/aromatic N) is 2. The van der Waals surface area contributed by atoms with E-state index >= 15 is 0 Å². The number of aryl methyl sites for hydroxylation is 1. The highest BCUT2D eigenvalue weighted by atomic mass is 16.6. The highest BCUT2D eigenvalue weighted by Gasteiger charge is 2.24. The molecule has 196 valence electrons. The molecular weight excluding hydrogens is 480 g/mol. The number of aliphatic hydroxyl groups is 2. The van der Waals surface area contributed by atoms with Crippen molar-refractivity contribution in [2.45, 2.75) is 38.3 Å². The van der Waals surface area contributed by atoms with Gasteiger partial charge in [-0.15, -0.1) is 0 Å². The molecule has 0 aromatic heterocycles. The van der Waals surface area contributed by atoms with E-state index in [1.165, 1.54) is 12.1 Å². The van der Waals surface area contributed by atoms with E-state index in [0.29, 0.717) is 24.9 Å². The Balaban J connectivity index is 1.48. The minimum Gasteiger partial charge on any atom is -0.482 e. The third-order valence-corrected chi connectivity index (χ3v) is 6.39. The molecule has 0 amide bonds. The highest BCUT2D eigenvalue weighted by Crippen LogP contribution is 2.31. The van der Waals surface area contributed by atoms with Crippen molar-refractivity contribution in [3.63, 3.8) is 0 Å². The monoisotopic (exact) mass is 512 g/mol. The average Bonchev–Trinajstić information content (AvgIpc) is 2.96. The number of benzene rings is 4. The van der Waals surface area contributed by atoms with Crippen LogP contribution in [0.2, 0.25) is 0 Å². The summed E-state index contributed by atoms with van der Waals surface area (Å²) >= 11 is 0. The first kappa shape index (κ1) is 27.0. The highest BCUT2D eigenvalue weighted by molar-refractivity contribution is 5.49. The SMILES string of the molecule is O=[N+]([O-])c1cc([C@@H](O)CN(Cc2ccccc2)[C@@H](O)CCc2ccccc2)ccc1OCc1ccccc1. The first-order valence-corrected chi connectivity index (χ1v) is 12.6. The topological polar surface area (TPSA) is 96.1 Å². The summed E-state index contributed by atoms with van der Waals surface area (Å²) in [6.45, 7) is 0.725. The van der Waals surface area contributed by atoms with Gasteiger partial charge in [0.2, 0.25) is 0 Å². The van der Waals surface area contributed by atoms with Crippen LogP contribution in [0.3, 0.4) is 0 Å². The summed E-state index contributed by atoms with van der Waals surface area (Å²) < 4.78 is 5.72. The average molecular weight is 513 g/mol. The van der Waals surface area contributed by atoms with Gasteiger partial charge in [-0.1, -0.05) is 97.1 Å². The lowest BCUT2D eigenvalue weighted by Gasteiger charge is -2.30. The summed E-state index contributed by atoms with van der Waals surface area (Å²) in [5, 5.41) is 34.0. The fourth-order valence-electron chi connectivity index (χ4n) is 4.30. The third kappa shape index (κ3) is 7.73. The van der Waals surface area contributed by atoms with Crippen LogP contribution in [0.15, 0.2) is 109 Å². The predicted octanol–water partition coefficient (Wildman–Crippen LogP) is 5.66. The summed E-state index contributed by atoms with van der Waals surface area (Å²) in [5.41, 5.74) is 3.18. The van der Waals surface area contributed by atoms with Crippen LogP contribution < -0.4 is 4.74 Å². The number of hydrogen-bond acceptors (Lipinski definition) is 6. The van der Waals surface area contributed by atoms with Gasteiger partial charge < -0.3 is 14.9 Å². The van der Waals surface area contributed by atoms with E-state index in [4.69, 9.17) is 4.74 Å². The Bertz CT molecular complexity index is 1290. The summed E-state index contributed by atoms with van der Waals surface area (Å²) in [7, 11) is 0. The van der Waals surface area contributed by atoms with E-state index < -0.39 is 17.3 Å². The van der Waals surface area contributed by atoms with E-state index in [0.717, 1.165) is 16.7 Å². The molecule has 0 bridgehead atoms. The van der Waals surface area contributed by atoms with Gasteiger partial charge in [0, 0.05) is 19.2 Å². The van der Waals surface area contributed by atoms with Gasteiger partial charge in [-0.25, -0.2) is 0 Å². The van der Waals surface area contributed by atoms with Crippen molar-refractivity contribution in [1.29, 1.82) is 0 Å². The molecule has 0 unspecified atom stereocenters. The molecule has 4 aromatic carbocycles. The largest absolute Gasteiger partial charge is 0.482 e. The number of rotatable bonds is 13. The molecule has 0 heterocycles. The lowest BCUT2D eigenvalue weighted by Crippen LogP contribution is -2.38. The van der Waals surface area contributed by atoms with Gasteiger partial charge in [-0.05, 0) is 41.2 Å². The van der Waals surface area contributed by atoms with Crippen molar-refractivity contribution in [3.8, 4) is 5.75 Å². The van der Waals surface area contributed by atoms with E-state index in [1.807, 2.05) is 91.0 Å². The smallest absolute Gasteiger partial charge is 0.311 e. The molecule has 4 aromatic rings. The fourth-order valence-corrected chi connectivity index (χ4v) is 4.30. The standard InChI is InChI=1S/C31H32N2O5/c34-29(27-17-18-30(28(20-27)33(36)37)38-23-26-14-8-3-9-15-26)22-32(21-25-12-6-2-7-13-25)31(35)19-16-24-10-4-1-5-11-24/h1-15,17-18,20,29,31,34-35H,16,19,21-23H2/t29-,31-/m0/s1. The second-order valence-electron chi connectivity index (χ2n) is 9.19. The normalized spacial score (nSPS) is 12.7. The van der Waals surface area contributed by atoms with Gasteiger partial charge in [-0.2, -0.15) is 0 Å². The summed E-state index contributed by atoms with van der Waals surface area (Å²) in [4.78, 5) is 13.1. The van der Waals surface area contributed by atoms with Crippen LogP contribution in [0.4, 0.5) is 5.69 Å². The third-order valence-electron chi connectivity index (χ3n) is 6.39. The van der Waals surface area contributed by atoms with Gasteiger partial charge in [0.25, 0.3) is 0 Å². The molecule has 2 N–H and O–H groups in total. The van der Waals surface area contributed by atoms with E-state index in [2.05, 4.69) is 0 Å². The first-order chi connectivity index (χ1) is 18.5. The molecule has 0 aliphatic heterocycles. The number of hydrogen-bond donors (Lipinski definition) is 2. The van der Waals surface area contributed by atoms with Gasteiger partial charge in [0.1, 0.15) is 12.8 Å². The van der Waals surface area contributed by atoms with Crippen LogP contribution in [0.25, 0.3) is 0 Å². The zero-order valence-electron chi connectivity index (χ0n) is 21.1. The van der Waals surface area contributed by atoms with Gasteiger partial charge in [-0.3, -0.25) is 15.0 Å². The van der Waals surface area contributed by atoms with Crippen molar-refractivity contribution in [2.24, 2.45) is 0 Å². The maximum Gasteiger partial charge on any atom is 0.311 e. The molecule has 2 atom stereocenters. The Labute approximate surface area is 222 Å². The van der Waals surface area contributed by atoms with Crippen molar-refractivity contribution in [1.82, 2.24) is 4.90 Å². The van der Waals surface area contributed by atoms with Gasteiger partial charge >= 0.3 is 5.69 Å². The molecule has 4 rings (SSSR count). The minimum atomic E-state index is -1.05.